The Morgan fingerprint density at radius 1 is 1.21 bits per heavy atom. The van der Waals surface area contributed by atoms with Gasteiger partial charge in [0.05, 0.1) is 0 Å². The van der Waals surface area contributed by atoms with Gasteiger partial charge >= 0.3 is 0 Å². The third kappa shape index (κ3) is 4.04. The summed E-state index contributed by atoms with van der Waals surface area (Å²) < 4.78 is 1.19. The Morgan fingerprint density at radius 2 is 2.11 bits per heavy atom. The van der Waals surface area contributed by atoms with E-state index in [1.54, 1.807) is 0 Å². The average molecular weight is 323 g/mol. The molecule has 104 valence electrons. The van der Waals surface area contributed by atoms with Crippen LogP contribution in [-0.2, 0) is 6.54 Å². The molecule has 2 nitrogen and oxygen atoms in total. The normalized spacial score (nSPS) is 23.8. The predicted molar refractivity (Wildman–Crippen MR) is 83.2 cm³/mol. The molecule has 1 aromatic rings. The molecule has 1 saturated carbocycles. The van der Waals surface area contributed by atoms with Crippen LogP contribution in [0.25, 0.3) is 0 Å². The van der Waals surface area contributed by atoms with Crippen LogP contribution in [0.3, 0.4) is 0 Å². The van der Waals surface area contributed by atoms with E-state index in [0.717, 1.165) is 12.6 Å². The maximum Gasteiger partial charge on any atom is 0.0237 e. The van der Waals surface area contributed by atoms with E-state index in [-0.39, 0.29) is 0 Å². The van der Waals surface area contributed by atoms with E-state index in [0.29, 0.717) is 6.04 Å². The molecule has 3 heteroatoms. The van der Waals surface area contributed by atoms with Gasteiger partial charge in [-0.2, -0.15) is 0 Å². The zero-order valence-corrected chi connectivity index (χ0v) is 13.0. The quantitative estimate of drug-likeness (QED) is 0.891. The molecule has 1 unspecified atom stereocenters. The maximum atomic E-state index is 3.68. The number of piperidine rings is 1. The molecule has 0 spiro atoms. The molecule has 1 saturated heterocycles. The van der Waals surface area contributed by atoms with Gasteiger partial charge < -0.3 is 5.32 Å². The first-order valence-electron chi connectivity index (χ1n) is 7.53. The largest absolute Gasteiger partial charge is 0.313 e. The van der Waals surface area contributed by atoms with Gasteiger partial charge in [-0.1, -0.05) is 34.5 Å². The van der Waals surface area contributed by atoms with Crippen LogP contribution in [0.15, 0.2) is 28.7 Å². The van der Waals surface area contributed by atoms with Gasteiger partial charge in [0, 0.05) is 29.6 Å². The summed E-state index contributed by atoms with van der Waals surface area (Å²) in [4.78, 5) is 2.69. The van der Waals surface area contributed by atoms with E-state index >= 15 is 0 Å². The Kier molecular flexibility index (Phi) is 4.57. The van der Waals surface area contributed by atoms with Crippen molar-refractivity contribution in [3.05, 3.63) is 34.3 Å². The molecule has 1 N–H and O–H groups in total. The third-order valence-electron chi connectivity index (χ3n) is 4.21. The molecule has 1 aliphatic heterocycles. The Morgan fingerprint density at radius 3 is 2.79 bits per heavy atom. The minimum Gasteiger partial charge on any atom is -0.313 e. The molecule has 0 radical (unpaired) electrons. The number of rotatable bonds is 5. The van der Waals surface area contributed by atoms with Crippen LogP contribution in [0.4, 0.5) is 0 Å². The lowest BCUT2D eigenvalue weighted by Crippen LogP contribution is -2.44. The SMILES string of the molecule is Brc1cccc(CN(CC2CCCCN2)C2CC2)c1. The Hall–Kier alpha value is -0.380. The highest BCUT2D eigenvalue weighted by atomic mass is 79.9. The summed E-state index contributed by atoms with van der Waals surface area (Å²) in [7, 11) is 0. The van der Waals surface area contributed by atoms with E-state index < -0.39 is 0 Å². The molecule has 3 rings (SSSR count). The minimum atomic E-state index is 0.710. The summed E-state index contributed by atoms with van der Waals surface area (Å²) in [6, 6.07) is 10.3. The molecule has 1 aromatic carbocycles. The zero-order valence-electron chi connectivity index (χ0n) is 11.4. The molecule has 2 fully saturated rings. The van der Waals surface area contributed by atoms with Gasteiger partial charge in [0.25, 0.3) is 0 Å². The molecule has 1 atom stereocenters. The van der Waals surface area contributed by atoms with Crippen molar-refractivity contribution in [2.75, 3.05) is 13.1 Å². The second kappa shape index (κ2) is 6.38. The number of nitrogens with zero attached hydrogens (tertiary/aromatic N) is 1. The number of halogens is 1. The summed E-state index contributed by atoms with van der Waals surface area (Å²) in [5.74, 6) is 0. The molecule has 19 heavy (non-hydrogen) atoms. The number of hydrogen-bond acceptors (Lipinski definition) is 2. The van der Waals surface area contributed by atoms with E-state index in [1.165, 1.54) is 55.2 Å². The maximum absolute atomic E-state index is 3.68. The van der Waals surface area contributed by atoms with Gasteiger partial charge in [-0.15, -0.1) is 0 Å². The summed E-state index contributed by atoms with van der Waals surface area (Å²) >= 11 is 3.57. The molecular weight excluding hydrogens is 300 g/mol. The molecule has 1 heterocycles. The van der Waals surface area contributed by atoms with Crippen LogP contribution >= 0.6 is 15.9 Å². The Labute approximate surface area is 124 Å². The number of benzene rings is 1. The first-order valence-corrected chi connectivity index (χ1v) is 8.32. The van der Waals surface area contributed by atoms with Crippen LogP contribution < -0.4 is 5.32 Å². The zero-order chi connectivity index (χ0) is 13.1. The molecule has 1 aliphatic carbocycles. The van der Waals surface area contributed by atoms with E-state index in [2.05, 4.69) is 50.4 Å². The minimum absolute atomic E-state index is 0.710. The van der Waals surface area contributed by atoms with Crippen molar-refractivity contribution < 1.29 is 0 Å². The summed E-state index contributed by atoms with van der Waals surface area (Å²) in [5, 5.41) is 3.68. The van der Waals surface area contributed by atoms with Crippen LogP contribution in [0, 0.1) is 0 Å². The summed E-state index contributed by atoms with van der Waals surface area (Å²) in [6.07, 6.45) is 6.88. The van der Waals surface area contributed by atoms with Gasteiger partial charge in [0.15, 0.2) is 0 Å². The van der Waals surface area contributed by atoms with Crippen LogP contribution in [0.2, 0.25) is 0 Å². The lowest BCUT2D eigenvalue weighted by atomic mass is 10.0. The van der Waals surface area contributed by atoms with Crippen molar-refractivity contribution in [1.82, 2.24) is 10.2 Å². The van der Waals surface area contributed by atoms with Crippen molar-refractivity contribution >= 4 is 15.9 Å². The summed E-state index contributed by atoms with van der Waals surface area (Å²) in [5.41, 5.74) is 1.43. The second-order valence-electron chi connectivity index (χ2n) is 5.94. The van der Waals surface area contributed by atoms with Crippen LogP contribution in [0.1, 0.15) is 37.7 Å². The smallest absolute Gasteiger partial charge is 0.0237 e. The van der Waals surface area contributed by atoms with Crippen molar-refractivity contribution in [3.8, 4) is 0 Å². The fourth-order valence-corrected chi connectivity index (χ4v) is 3.46. The number of nitrogens with one attached hydrogen (secondary N) is 1. The Bertz CT molecular complexity index is 411. The second-order valence-corrected chi connectivity index (χ2v) is 6.85. The monoisotopic (exact) mass is 322 g/mol. The van der Waals surface area contributed by atoms with Crippen molar-refractivity contribution in [2.45, 2.75) is 50.7 Å². The fraction of sp³-hybridized carbons (Fsp3) is 0.625. The third-order valence-corrected chi connectivity index (χ3v) is 4.70. The van der Waals surface area contributed by atoms with Gasteiger partial charge in [-0.05, 0) is 49.9 Å². The van der Waals surface area contributed by atoms with E-state index in [9.17, 15) is 0 Å². The first kappa shape index (κ1) is 13.6. The lowest BCUT2D eigenvalue weighted by molar-refractivity contribution is 0.208. The van der Waals surface area contributed by atoms with Crippen LogP contribution in [0.5, 0.6) is 0 Å². The molecule has 0 aromatic heterocycles. The van der Waals surface area contributed by atoms with Gasteiger partial charge in [0.1, 0.15) is 0 Å². The van der Waals surface area contributed by atoms with Gasteiger partial charge in [-0.25, -0.2) is 0 Å². The molecular formula is C16H23BrN2. The molecule has 0 bridgehead atoms. The van der Waals surface area contributed by atoms with Crippen LogP contribution in [-0.4, -0.2) is 30.1 Å². The molecule has 0 amide bonds. The van der Waals surface area contributed by atoms with Gasteiger partial charge in [0.2, 0.25) is 0 Å². The first-order chi connectivity index (χ1) is 9.31. The highest BCUT2D eigenvalue weighted by Gasteiger charge is 2.30. The van der Waals surface area contributed by atoms with Crippen molar-refractivity contribution in [3.63, 3.8) is 0 Å². The highest BCUT2D eigenvalue weighted by Crippen LogP contribution is 2.29. The standard InChI is InChI=1S/C16H23BrN2/c17-14-5-3-4-13(10-14)11-19(16-7-8-16)12-15-6-1-2-9-18-15/h3-5,10,15-16,18H,1-2,6-9,11-12H2. The lowest BCUT2D eigenvalue weighted by Gasteiger charge is -2.30. The average Bonchev–Trinajstić information content (AvgIpc) is 3.23. The van der Waals surface area contributed by atoms with Crippen molar-refractivity contribution in [1.29, 1.82) is 0 Å². The Balaban J connectivity index is 1.60. The number of hydrogen-bond donors (Lipinski definition) is 1. The van der Waals surface area contributed by atoms with Crippen molar-refractivity contribution in [2.24, 2.45) is 0 Å². The fourth-order valence-electron chi connectivity index (χ4n) is 3.02. The summed E-state index contributed by atoms with van der Waals surface area (Å²) in [6.45, 7) is 3.53. The topological polar surface area (TPSA) is 15.3 Å². The van der Waals surface area contributed by atoms with Gasteiger partial charge in [-0.3, -0.25) is 4.90 Å². The predicted octanol–water partition coefficient (Wildman–Crippen LogP) is 3.56. The highest BCUT2D eigenvalue weighted by molar-refractivity contribution is 9.10. The van der Waals surface area contributed by atoms with E-state index in [1.807, 2.05) is 0 Å². The molecule has 2 aliphatic rings. The van der Waals surface area contributed by atoms with E-state index in [4.69, 9.17) is 0 Å².